The number of hydrazine groups is 1. The molecular formula is C13H15N5O3. The molecule has 0 bridgehead atoms. The summed E-state index contributed by atoms with van der Waals surface area (Å²) >= 11 is 0. The Bertz CT molecular complexity index is 647. The number of nitrogens with one attached hydrogen (secondary N) is 1. The molecule has 0 saturated carbocycles. The third kappa shape index (κ3) is 3.42. The van der Waals surface area contributed by atoms with E-state index in [9.17, 15) is 10.1 Å². The van der Waals surface area contributed by atoms with Crippen LogP contribution in [0.15, 0.2) is 30.6 Å². The van der Waals surface area contributed by atoms with Crippen LogP contribution < -0.4 is 16.0 Å². The lowest BCUT2D eigenvalue weighted by Crippen LogP contribution is -2.12. The molecule has 110 valence electrons. The van der Waals surface area contributed by atoms with Crippen LogP contribution in [0.1, 0.15) is 18.9 Å². The second kappa shape index (κ2) is 6.62. The average Bonchev–Trinajstić information content (AvgIpc) is 2.49. The molecule has 0 amide bonds. The quantitative estimate of drug-likeness (QED) is 0.476. The fraction of sp³-hybridized carbons (Fsp3) is 0.231. The van der Waals surface area contributed by atoms with E-state index in [-0.39, 0.29) is 5.69 Å². The highest BCUT2D eigenvalue weighted by Crippen LogP contribution is 2.29. The van der Waals surface area contributed by atoms with Crippen molar-refractivity contribution in [2.24, 2.45) is 5.84 Å². The highest BCUT2D eigenvalue weighted by molar-refractivity contribution is 5.49. The average molecular weight is 289 g/mol. The van der Waals surface area contributed by atoms with Crippen LogP contribution in [0.2, 0.25) is 0 Å². The van der Waals surface area contributed by atoms with E-state index in [1.165, 1.54) is 18.5 Å². The van der Waals surface area contributed by atoms with Gasteiger partial charge in [-0.1, -0.05) is 19.4 Å². The topological polar surface area (TPSA) is 116 Å². The van der Waals surface area contributed by atoms with Crippen molar-refractivity contribution in [3.05, 3.63) is 46.3 Å². The largest absolute Gasteiger partial charge is 0.438 e. The molecule has 2 aromatic rings. The van der Waals surface area contributed by atoms with Crippen LogP contribution in [0, 0.1) is 10.1 Å². The van der Waals surface area contributed by atoms with Gasteiger partial charge >= 0.3 is 0 Å². The summed E-state index contributed by atoms with van der Waals surface area (Å²) in [5.41, 5.74) is 3.18. The Morgan fingerprint density at radius 1 is 1.43 bits per heavy atom. The highest BCUT2D eigenvalue weighted by atomic mass is 16.6. The first-order valence-corrected chi connectivity index (χ1v) is 6.38. The predicted molar refractivity (Wildman–Crippen MR) is 77.0 cm³/mol. The van der Waals surface area contributed by atoms with Crippen molar-refractivity contribution in [3.8, 4) is 11.6 Å². The number of aromatic nitrogens is 2. The van der Waals surface area contributed by atoms with Gasteiger partial charge in [-0.05, 0) is 12.5 Å². The number of nitro groups is 1. The summed E-state index contributed by atoms with van der Waals surface area (Å²) < 4.78 is 5.64. The summed E-state index contributed by atoms with van der Waals surface area (Å²) in [7, 11) is 0. The smallest absolute Gasteiger partial charge is 0.273 e. The third-order valence-corrected chi connectivity index (χ3v) is 2.79. The number of nitrogens with two attached hydrogens (primary N) is 1. The molecule has 3 N–H and O–H groups in total. The van der Waals surface area contributed by atoms with Crippen molar-refractivity contribution in [1.82, 2.24) is 9.97 Å². The maximum absolute atomic E-state index is 10.8. The van der Waals surface area contributed by atoms with E-state index in [0.29, 0.717) is 23.9 Å². The minimum atomic E-state index is -0.480. The first-order valence-electron chi connectivity index (χ1n) is 6.38. The molecule has 0 radical (unpaired) electrons. The zero-order chi connectivity index (χ0) is 15.2. The van der Waals surface area contributed by atoms with Gasteiger partial charge in [0.15, 0.2) is 0 Å². The van der Waals surface area contributed by atoms with Crippen LogP contribution in [0.5, 0.6) is 11.6 Å². The summed E-state index contributed by atoms with van der Waals surface area (Å²) in [6.07, 6.45) is 2.85. The molecule has 2 rings (SSSR count). The van der Waals surface area contributed by atoms with Gasteiger partial charge in [-0.2, -0.15) is 0 Å². The van der Waals surface area contributed by atoms with E-state index in [0.717, 1.165) is 12.0 Å². The van der Waals surface area contributed by atoms with Crippen LogP contribution in [0.4, 0.5) is 11.5 Å². The Morgan fingerprint density at radius 3 is 2.90 bits per heavy atom. The number of nitro benzene ring substituents is 1. The van der Waals surface area contributed by atoms with Crippen LogP contribution >= 0.6 is 0 Å². The molecule has 0 aliphatic carbocycles. The van der Waals surface area contributed by atoms with Gasteiger partial charge in [-0.3, -0.25) is 10.1 Å². The Labute approximate surface area is 121 Å². The first kappa shape index (κ1) is 14.7. The van der Waals surface area contributed by atoms with Gasteiger partial charge in [0.05, 0.1) is 16.6 Å². The summed E-state index contributed by atoms with van der Waals surface area (Å²) in [6.45, 7) is 2.00. The normalized spacial score (nSPS) is 10.2. The van der Waals surface area contributed by atoms with Crippen molar-refractivity contribution in [1.29, 1.82) is 0 Å². The second-order valence-corrected chi connectivity index (χ2v) is 4.26. The highest BCUT2D eigenvalue weighted by Gasteiger charge is 2.13. The Balaban J connectivity index is 2.34. The van der Waals surface area contributed by atoms with Gasteiger partial charge in [0.25, 0.3) is 5.69 Å². The molecule has 1 heterocycles. The molecule has 8 heteroatoms. The van der Waals surface area contributed by atoms with Gasteiger partial charge in [-0.25, -0.2) is 15.8 Å². The molecular weight excluding hydrogens is 274 g/mol. The summed E-state index contributed by atoms with van der Waals surface area (Å²) in [6, 6.07) is 5.91. The van der Waals surface area contributed by atoms with Crippen molar-refractivity contribution in [2.75, 3.05) is 5.43 Å². The number of hydrogen-bond acceptors (Lipinski definition) is 7. The fourth-order valence-electron chi connectivity index (χ4n) is 1.86. The van der Waals surface area contributed by atoms with E-state index < -0.39 is 4.92 Å². The lowest BCUT2D eigenvalue weighted by Gasteiger charge is -2.12. The summed E-state index contributed by atoms with van der Waals surface area (Å²) in [4.78, 5) is 18.4. The van der Waals surface area contributed by atoms with Gasteiger partial charge < -0.3 is 10.2 Å². The zero-order valence-electron chi connectivity index (χ0n) is 11.4. The van der Waals surface area contributed by atoms with Gasteiger partial charge in [0, 0.05) is 6.07 Å². The third-order valence-electron chi connectivity index (χ3n) is 2.79. The standard InChI is InChI=1S/C13H15N5O3/c1-2-4-11-12(17-14)15-8-16-13(11)21-10-6-3-5-9(7-10)18(19)20/h3,5-8H,2,4,14H2,1H3,(H,15,16,17). The number of ether oxygens (including phenoxy) is 1. The van der Waals surface area contributed by atoms with E-state index >= 15 is 0 Å². The molecule has 0 aliphatic heterocycles. The molecule has 0 atom stereocenters. The Kier molecular flexibility index (Phi) is 4.62. The maximum atomic E-state index is 10.8. The van der Waals surface area contributed by atoms with Gasteiger partial charge in [0.2, 0.25) is 5.88 Å². The van der Waals surface area contributed by atoms with Crippen LogP contribution in [0.3, 0.4) is 0 Å². The fourth-order valence-corrected chi connectivity index (χ4v) is 1.86. The maximum Gasteiger partial charge on any atom is 0.273 e. The van der Waals surface area contributed by atoms with Crippen molar-refractivity contribution >= 4 is 11.5 Å². The number of rotatable bonds is 6. The second-order valence-electron chi connectivity index (χ2n) is 4.26. The Hall–Kier alpha value is -2.74. The molecule has 0 spiro atoms. The van der Waals surface area contributed by atoms with E-state index in [2.05, 4.69) is 15.4 Å². The minimum Gasteiger partial charge on any atom is -0.438 e. The number of hydrogen-bond donors (Lipinski definition) is 2. The van der Waals surface area contributed by atoms with E-state index in [4.69, 9.17) is 10.6 Å². The predicted octanol–water partition coefficient (Wildman–Crippen LogP) is 2.42. The molecule has 0 unspecified atom stereocenters. The number of nitrogen functional groups attached to an aromatic ring is 1. The zero-order valence-corrected chi connectivity index (χ0v) is 11.4. The summed E-state index contributed by atoms with van der Waals surface area (Å²) in [5, 5.41) is 10.8. The van der Waals surface area contributed by atoms with Crippen molar-refractivity contribution < 1.29 is 9.66 Å². The van der Waals surface area contributed by atoms with Crippen LogP contribution in [-0.4, -0.2) is 14.9 Å². The summed E-state index contributed by atoms with van der Waals surface area (Å²) in [5.74, 6) is 6.57. The van der Waals surface area contributed by atoms with Crippen molar-refractivity contribution in [2.45, 2.75) is 19.8 Å². The van der Waals surface area contributed by atoms with Crippen LogP contribution in [0.25, 0.3) is 0 Å². The van der Waals surface area contributed by atoms with E-state index in [1.807, 2.05) is 6.92 Å². The lowest BCUT2D eigenvalue weighted by molar-refractivity contribution is -0.384. The Morgan fingerprint density at radius 2 is 2.24 bits per heavy atom. The molecule has 8 nitrogen and oxygen atoms in total. The number of anilines is 1. The SMILES string of the molecule is CCCc1c(NN)ncnc1Oc1cccc([N+](=O)[O-])c1. The molecule has 0 saturated heterocycles. The van der Waals surface area contributed by atoms with E-state index in [1.54, 1.807) is 12.1 Å². The molecule has 1 aromatic carbocycles. The lowest BCUT2D eigenvalue weighted by atomic mass is 10.2. The minimum absolute atomic E-state index is 0.0456. The molecule has 1 aromatic heterocycles. The number of non-ortho nitro benzene ring substituents is 1. The number of nitrogens with zero attached hydrogens (tertiary/aromatic N) is 3. The first-order chi connectivity index (χ1) is 10.2. The molecule has 0 fully saturated rings. The monoisotopic (exact) mass is 289 g/mol. The van der Waals surface area contributed by atoms with Gasteiger partial charge in [-0.15, -0.1) is 0 Å². The number of benzene rings is 1. The van der Waals surface area contributed by atoms with Crippen molar-refractivity contribution in [3.63, 3.8) is 0 Å². The molecule has 0 aliphatic rings. The van der Waals surface area contributed by atoms with Crippen LogP contribution in [-0.2, 0) is 6.42 Å². The van der Waals surface area contributed by atoms with Gasteiger partial charge in [0.1, 0.15) is 17.9 Å². The molecule has 21 heavy (non-hydrogen) atoms.